The van der Waals surface area contributed by atoms with Crippen LogP contribution in [0.3, 0.4) is 0 Å². The molecule has 0 unspecified atom stereocenters. The summed E-state index contributed by atoms with van der Waals surface area (Å²) < 4.78 is 0. The van der Waals surface area contributed by atoms with E-state index in [2.05, 4.69) is 38.1 Å². The topological polar surface area (TPSA) is 108 Å². The van der Waals surface area contributed by atoms with Crippen molar-refractivity contribution in [3.05, 3.63) is 36.0 Å². The molecule has 0 radical (unpaired) electrons. The molecule has 0 atom stereocenters. The Hall–Kier alpha value is -2.98. The smallest absolute Gasteiger partial charge is 0.202 e. The van der Waals surface area contributed by atoms with E-state index in [4.69, 9.17) is 11.0 Å². The lowest BCUT2D eigenvalue weighted by atomic mass is 9.80. The van der Waals surface area contributed by atoms with E-state index in [0.717, 1.165) is 49.6 Å². The number of anilines is 1. The summed E-state index contributed by atoms with van der Waals surface area (Å²) in [5.41, 5.74) is 9.69. The van der Waals surface area contributed by atoms with Crippen molar-refractivity contribution in [3.8, 4) is 17.3 Å². The summed E-state index contributed by atoms with van der Waals surface area (Å²) >= 11 is 0. The molecule has 0 saturated carbocycles. The van der Waals surface area contributed by atoms with Gasteiger partial charge in [-0.25, -0.2) is 9.97 Å². The van der Waals surface area contributed by atoms with Crippen molar-refractivity contribution in [2.45, 2.75) is 19.8 Å². The molecule has 26 heavy (non-hydrogen) atoms. The van der Waals surface area contributed by atoms with Crippen molar-refractivity contribution >= 4 is 17.0 Å². The van der Waals surface area contributed by atoms with Crippen LogP contribution < -0.4 is 10.6 Å². The fraction of sp³-hybridized carbons (Fsp3) is 0.368. The lowest BCUT2D eigenvalue weighted by Gasteiger charge is -2.39. The molecule has 3 aromatic rings. The predicted molar refractivity (Wildman–Crippen MR) is 100 cm³/mol. The fourth-order valence-electron chi connectivity index (χ4n) is 3.36. The van der Waals surface area contributed by atoms with Crippen molar-refractivity contribution in [1.82, 2.24) is 20.2 Å². The minimum atomic E-state index is 0.222. The molecule has 1 aromatic carbocycles. The first-order valence-electron chi connectivity index (χ1n) is 8.78. The minimum Gasteiger partial charge on any atom is -0.355 e. The zero-order valence-corrected chi connectivity index (χ0v) is 14.7. The Kier molecular flexibility index (Phi) is 4.05. The summed E-state index contributed by atoms with van der Waals surface area (Å²) in [5.74, 6) is 0.848. The maximum absolute atomic E-state index is 9.09. The highest BCUT2D eigenvalue weighted by Crippen LogP contribution is 2.32. The minimum absolute atomic E-state index is 0.222. The van der Waals surface area contributed by atoms with Crippen LogP contribution in [0.25, 0.3) is 22.4 Å². The average molecular weight is 347 g/mol. The van der Waals surface area contributed by atoms with Crippen LogP contribution in [-0.2, 0) is 0 Å². The van der Waals surface area contributed by atoms with Crippen molar-refractivity contribution in [1.29, 1.82) is 5.26 Å². The number of aromatic amines is 1. The number of hydrogen-bond donors (Lipinski definition) is 2. The van der Waals surface area contributed by atoms with Gasteiger partial charge in [-0.2, -0.15) is 10.4 Å². The van der Waals surface area contributed by atoms with Gasteiger partial charge in [-0.05, 0) is 36.9 Å². The van der Waals surface area contributed by atoms with Gasteiger partial charge in [0.2, 0.25) is 5.65 Å². The van der Waals surface area contributed by atoms with Gasteiger partial charge in [-0.15, -0.1) is 0 Å². The number of nitrogens with two attached hydrogens (primary N) is 1. The van der Waals surface area contributed by atoms with Crippen molar-refractivity contribution in [2.75, 3.05) is 24.5 Å². The molecule has 0 aliphatic carbocycles. The van der Waals surface area contributed by atoms with Gasteiger partial charge in [0.1, 0.15) is 11.3 Å². The molecule has 7 heteroatoms. The van der Waals surface area contributed by atoms with E-state index in [1.165, 1.54) is 0 Å². The monoisotopic (exact) mass is 347 g/mol. The van der Waals surface area contributed by atoms with Crippen molar-refractivity contribution in [2.24, 2.45) is 11.1 Å². The first-order chi connectivity index (χ1) is 12.6. The van der Waals surface area contributed by atoms with Crippen molar-refractivity contribution < 1.29 is 0 Å². The van der Waals surface area contributed by atoms with Gasteiger partial charge >= 0.3 is 0 Å². The summed E-state index contributed by atoms with van der Waals surface area (Å²) in [4.78, 5) is 11.5. The van der Waals surface area contributed by atoms with Gasteiger partial charge in [-0.1, -0.05) is 19.1 Å². The van der Waals surface area contributed by atoms with E-state index in [9.17, 15) is 0 Å². The maximum atomic E-state index is 9.09. The quantitative estimate of drug-likeness (QED) is 0.753. The molecule has 1 aliphatic heterocycles. The molecule has 132 valence electrons. The standard InChI is InChI=1S/C19H21N7/c1-19(12-21)5-7-26(8-6-19)15-11-22-17-16(24-25-18(17)23-15)14-4-2-3-13(9-14)10-20/h2-4,9,11H,5-8,12,21H2,1H3,(H,23,24,25). The third kappa shape index (κ3) is 2.89. The maximum Gasteiger partial charge on any atom is 0.202 e. The first kappa shape index (κ1) is 16.5. The molecular formula is C19H21N7. The second kappa shape index (κ2) is 6.39. The van der Waals surface area contributed by atoms with Crippen LogP contribution in [0, 0.1) is 16.7 Å². The molecule has 0 spiro atoms. The number of nitrogens with one attached hydrogen (secondary N) is 1. The van der Waals surface area contributed by atoms with Crippen LogP contribution >= 0.6 is 0 Å². The number of hydrogen-bond acceptors (Lipinski definition) is 6. The average Bonchev–Trinajstić information content (AvgIpc) is 3.12. The Labute approximate surface area is 151 Å². The summed E-state index contributed by atoms with van der Waals surface area (Å²) in [6, 6.07) is 9.53. The Balaban J connectivity index is 1.63. The molecule has 1 aliphatic rings. The Bertz CT molecular complexity index is 977. The Morgan fingerprint density at radius 3 is 2.88 bits per heavy atom. The van der Waals surface area contributed by atoms with E-state index in [0.29, 0.717) is 16.7 Å². The molecule has 1 saturated heterocycles. The van der Waals surface area contributed by atoms with Gasteiger partial charge in [-0.3, -0.25) is 5.10 Å². The highest BCUT2D eigenvalue weighted by atomic mass is 15.2. The van der Waals surface area contributed by atoms with E-state index in [-0.39, 0.29) is 5.41 Å². The Morgan fingerprint density at radius 2 is 2.15 bits per heavy atom. The Morgan fingerprint density at radius 1 is 1.35 bits per heavy atom. The van der Waals surface area contributed by atoms with Crippen LogP contribution in [0.4, 0.5) is 5.82 Å². The highest BCUT2D eigenvalue weighted by molar-refractivity contribution is 5.88. The largest absolute Gasteiger partial charge is 0.355 e. The van der Waals surface area contributed by atoms with Crippen LogP contribution in [0.15, 0.2) is 30.5 Å². The second-order valence-electron chi connectivity index (χ2n) is 7.19. The zero-order valence-electron chi connectivity index (χ0n) is 14.7. The molecule has 4 rings (SSSR count). The van der Waals surface area contributed by atoms with Gasteiger partial charge < -0.3 is 10.6 Å². The summed E-state index contributed by atoms with van der Waals surface area (Å²) in [5, 5.41) is 16.4. The van der Waals surface area contributed by atoms with Crippen LogP contribution in [0.2, 0.25) is 0 Å². The van der Waals surface area contributed by atoms with Gasteiger partial charge in [0.25, 0.3) is 0 Å². The third-order valence-electron chi connectivity index (χ3n) is 5.32. The molecule has 3 heterocycles. The zero-order chi connectivity index (χ0) is 18.1. The van der Waals surface area contributed by atoms with Gasteiger partial charge in [0.05, 0.1) is 23.5 Å². The van der Waals surface area contributed by atoms with Crippen LogP contribution in [0.1, 0.15) is 25.3 Å². The number of benzene rings is 1. The molecule has 0 amide bonds. The van der Waals surface area contributed by atoms with E-state index in [1.807, 2.05) is 18.2 Å². The number of nitriles is 1. The molecule has 2 aromatic heterocycles. The third-order valence-corrected chi connectivity index (χ3v) is 5.32. The number of H-pyrrole nitrogens is 1. The second-order valence-corrected chi connectivity index (χ2v) is 7.19. The molecule has 0 bridgehead atoms. The van der Waals surface area contributed by atoms with Crippen LogP contribution in [-0.4, -0.2) is 39.8 Å². The predicted octanol–water partition coefficient (Wildman–Crippen LogP) is 2.46. The van der Waals surface area contributed by atoms with E-state index >= 15 is 0 Å². The van der Waals surface area contributed by atoms with E-state index < -0.39 is 0 Å². The molecule has 1 fully saturated rings. The number of aromatic nitrogens is 4. The SMILES string of the molecule is CC1(CN)CCN(c2cnc3c(-c4cccc(C#N)c4)[nH]nc3n2)CC1. The number of piperidine rings is 1. The summed E-state index contributed by atoms with van der Waals surface area (Å²) in [6.45, 7) is 4.81. The van der Waals surface area contributed by atoms with Crippen molar-refractivity contribution in [3.63, 3.8) is 0 Å². The molecular weight excluding hydrogens is 326 g/mol. The number of fused-ring (bicyclic) bond motifs is 1. The first-order valence-corrected chi connectivity index (χ1v) is 8.78. The molecule has 3 N–H and O–H groups in total. The van der Waals surface area contributed by atoms with E-state index in [1.54, 1.807) is 12.3 Å². The molecule has 7 nitrogen and oxygen atoms in total. The lowest BCUT2D eigenvalue weighted by Crippen LogP contribution is -2.42. The lowest BCUT2D eigenvalue weighted by molar-refractivity contribution is 0.258. The summed E-state index contributed by atoms with van der Waals surface area (Å²) in [6.07, 6.45) is 3.91. The summed E-state index contributed by atoms with van der Waals surface area (Å²) in [7, 11) is 0. The number of rotatable bonds is 3. The number of nitrogens with zero attached hydrogens (tertiary/aromatic N) is 5. The van der Waals surface area contributed by atoms with Gasteiger partial charge in [0.15, 0.2) is 0 Å². The fourth-order valence-corrected chi connectivity index (χ4v) is 3.36. The normalized spacial score (nSPS) is 16.6. The highest BCUT2D eigenvalue weighted by Gasteiger charge is 2.29. The van der Waals surface area contributed by atoms with Crippen LogP contribution in [0.5, 0.6) is 0 Å². The van der Waals surface area contributed by atoms with Gasteiger partial charge in [0, 0.05) is 18.7 Å².